The first-order valence-electron chi connectivity index (χ1n) is 8.40. The Morgan fingerprint density at radius 2 is 1.76 bits per heavy atom. The lowest BCUT2D eigenvalue weighted by Gasteiger charge is -2.39. The van der Waals surface area contributed by atoms with Crippen molar-refractivity contribution in [2.45, 2.75) is 26.0 Å². The van der Waals surface area contributed by atoms with Gasteiger partial charge in [-0.05, 0) is 36.8 Å². The predicted molar refractivity (Wildman–Crippen MR) is 96.4 cm³/mol. The van der Waals surface area contributed by atoms with Gasteiger partial charge >= 0.3 is 0 Å². The summed E-state index contributed by atoms with van der Waals surface area (Å²) >= 11 is 0. The van der Waals surface area contributed by atoms with Crippen LogP contribution in [0.5, 0.6) is 0 Å². The van der Waals surface area contributed by atoms with Gasteiger partial charge in [0.15, 0.2) is 0 Å². The summed E-state index contributed by atoms with van der Waals surface area (Å²) in [5.74, 6) is -0.163. The van der Waals surface area contributed by atoms with Crippen LogP contribution in [0, 0.1) is 0 Å². The van der Waals surface area contributed by atoms with Gasteiger partial charge in [-0.25, -0.2) is 0 Å². The van der Waals surface area contributed by atoms with Crippen molar-refractivity contribution in [2.24, 2.45) is 0 Å². The van der Waals surface area contributed by atoms with Gasteiger partial charge in [0.05, 0.1) is 18.8 Å². The molecule has 2 atom stereocenters. The Hall–Kier alpha value is -2.66. The fourth-order valence-electron chi connectivity index (χ4n) is 3.04. The second-order valence-electron chi connectivity index (χ2n) is 6.29. The zero-order valence-corrected chi connectivity index (χ0v) is 14.4. The Labute approximate surface area is 147 Å². The topological polar surface area (TPSA) is 58.6 Å². The number of ether oxygens (including phenoxy) is 1. The maximum atomic E-state index is 13.0. The first-order chi connectivity index (χ1) is 12.0. The molecule has 0 spiro atoms. The average Bonchev–Trinajstić information content (AvgIpc) is 2.62. The Morgan fingerprint density at radius 1 is 1.08 bits per heavy atom. The molecule has 1 heterocycles. The number of carbonyl (C=O) groups is 2. The highest BCUT2D eigenvalue weighted by molar-refractivity contribution is 5.95. The number of benzene rings is 2. The third-order valence-electron chi connectivity index (χ3n) is 4.27. The molecule has 1 N–H and O–H groups in total. The molecule has 0 aliphatic carbocycles. The van der Waals surface area contributed by atoms with E-state index in [-0.39, 0.29) is 24.0 Å². The number of rotatable bonds is 3. The zero-order valence-electron chi connectivity index (χ0n) is 14.4. The summed E-state index contributed by atoms with van der Waals surface area (Å²) in [5, 5.41) is 2.71. The van der Waals surface area contributed by atoms with E-state index in [0.717, 1.165) is 5.56 Å². The van der Waals surface area contributed by atoms with Crippen LogP contribution in [0.15, 0.2) is 54.6 Å². The second kappa shape index (κ2) is 7.49. The highest BCUT2D eigenvalue weighted by Crippen LogP contribution is 2.28. The van der Waals surface area contributed by atoms with Crippen molar-refractivity contribution in [3.63, 3.8) is 0 Å². The van der Waals surface area contributed by atoms with Crippen molar-refractivity contribution in [1.82, 2.24) is 4.90 Å². The summed E-state index contributed by atoms with van der Waals surface area (Å²) in [6.45, 7) is 4.47. The summed E-state index contributed by atoms with van der Waals surface area (Å²) in [6.07, 6.45) is 0.00238. The highest BCUT2D eigenvalue weighted by atomic mass is 16.5. The summed E-state index contributed by atoms with van der Waals surface area (Å²) in [5.41, 5.74) is 2.35. The summed E-state index contributed by atoms with van der Waals surface area (Å²) in [7, 11) is 0. The average molecular weight is 338 g/mol. The SMILES string of the molecule is CC(=O)Nc1ccc(C(=O)N2CC(C)OCC2c2ccccc2)cc1. The van der Waals surface area contributed by atoms with Crippen molar-refractivity contribution in [1.29, 1.82) is 0 Å². The normalized spacial score (nSPS) is 20.2. The second-order valence-corrected chi connectivity index (χ2v) is 6.29. The van der Waals surface area contributed by atoms with Crippen molar-refractivity contribution in [2.75, 3.05) is 18.5 Å². The molecular weight excluding hydrogens is 316 g/mol. The Morgan fingerprint density at radius 3 is 2.40 bits per heavy atom. The van der Waals surface area contributed by atoms with E-state index in [1.165, 1.54) is 6.92 Å². The molecule has 25 heavy (non-hydrogen) atoms. The van der Waals surface area contributed by atoms with E-state index < -0.39 is 0 Å². The van der Waals surface area contributed by atoms with Gasteiger partial charge in [0, 0.05) is 24.7 Å². The molecule has 0 aromatic heterocycles. The van der Waals surface area contributed by atoms with Gasteiger partial charge < -0.3 is 15.0 Å². The monoisotopic (exact) mass is 338 g/mol. The van der Waals surface area contributed by atoms with E-state index in [9.17, 15) is 9.59 Å². The van der Waals surface area contributed by atoms with Crippen LogP contribution in [-0.4, -0.2) is 36.0 Å². The zero-order chi connectivity index (χ0) is 17.8. The van der Waals surface area contributed by atoms with Crippen molar-refractivity contribution >= 4 is 17.5 Å². The van der Waals surface area contributed by atoms with E-state index in [0.29, 0.717) is 24.4 Å². The minimum atomic E-state index is -0.134. The molecule has 1 fully saturated rings. The van der Waals surface area contributed by atoms with Crippen LogP contribution >= 0.6 is 0 Å². The molecule has 0 saturated carbocycles. The van der Waals surface area contributed by atoms with Gasteiger partial charge in [0.1, 0.15) is 0 Å². The van der Waals surface area contributed by atoms with Gasteiger partial charge in [-0.2, -0.15) is 0 Å². The Bertz CT molecular complexity index is 743. The van der Waals surface area contributed by atoms with Crippen molar-refractivity contribution < 1.29 is 14.3 Å². The fraction of sp³-hybridized carbons (Fsp3) is 0.300. The standard InChI is InChI=1S/C20H22N2O3/c1-14-12-22(19(13-25-14)16-6-4-3-5-7-16)20(24)17-8-10-18(11-9-17)21-15(2)23/h3-11,14,19H,12-13H2,1-2H3,(H,21,23). The summed E-state index contributed by atoms with van der Waals surface area (Å²) in [6, 6.07) is 16.8. The van der Waals surface area contributed by atoms with Crippen LogP contribution < -0.4 is 5.32 Å². The predicted octanol–water partition coefficient (Wildman–Crippen LogP) is 3.25. The maximum Gasteiger partial charge on any atom is 0.254 e. The van der Waals surface area contributed by atoms with Crippen LogP contribution in [0.2, 0.25) is 0 Å². The molecule has 0 radical (unpaired) electrons. The molecule has 2 aromatic carbocycles. The van der Waals surface area contributed by atoms with Gasteiger partial charge in [0.25, 0.3) is 5.91 Å². The number of nitrogens with one attached hydrogen (secondary N) is 1. The molecule has 1 saturated heterocycles. The van der Waals surface area contributed by atoms with Gasteiger partial charge in [0.2, 0.25) is 5.91 Å². The Kier molecular flexibility index (Phi) is 5.14. The number of hydrogen-bond acceptors (Lipinski definition) is 3. The minimum absolute atomic E-state index is 0.00238. The first kappa shape index (κ1) is 17.2. The number of hydrogen-bond donors (Lipinski definition) is 1. The quantitative estimate of drug-likeness (QED) is 0.934. The molecule has 0 bridgehead atoms. The third kappa shape index (κ3) is 4.06. The molecule has 2 aromatic rings. The lowest BCUT2D eigenvalue weighted by atomic mass is 10.0. The van der Waals surface area contributed by atoms with Crippen LogP contribution in [-0.2, 0) is 9.53 Å². The van der Waals surface area contributed by atoms with E-state index in [4.69, 9.17) is 4.74 Å². The van der Waals surface area contributed by atoms with Gasteiger partial charge in [-0.1, -0.05) is 30.3 Å². The molecule has 2 amide bonds. The lowest BCUT2D eigenvalue weighted by Crippen LogP contribution is -2.46. The van der Waals surface area contributed by atoms with E-state index >= 15 is 0 Å². The summed E-state index contributed by atoms with van der Waals surface area (Å²) in [4.78, 5) is 26.0. The first-order valence-corrected chi connectivity index (χ1v) is 8.40. The van der Waals surface area contributed by atoms with Crippen LogP contribution in [0.1, 0.15) is 35.8 Å². The number of morpholine rings is 1. The molecule has 2 unspecified atom stereocenters. The molecule has 3 rings (SSSR count). The van der Waals surface area contributed by atoms with E-state index in [1.807, 2.05) is 42.2 Å². The van der Waals surface area contributed by atoms with E-state index in [2.05, 4.69) is 5.32 Å². The van der Waals surface area contributed by atoms with Crippen LogP contribution in [0.3, 0.4) is 0 Å². The molecule has 5 nitrogen and oxygen atoms in total. The lowest BCUT2D eigenvalue weighted by molar-refractivity contribution is -0.114. The maximum absolute atomic E-state index is 13.0. The molecule has 1 aliphatic rings. The van der Waals surface area contributed by atoms with Crippen molar-refractivity contribution in [3.05, 3.63) is 65.7 Å². The number of nitrogens with zero attached hydrogens (tertiary/aromatic N) is 1. The number of carbonyl (C=O) groups excluding carboxylic acids is 2. The minimum Gasteiger partial charge on any atom is -0.374 e. The highest BCUT2D eigenvalue weighted by Gasteiger charge is 2.32. The smallest absolute Gasteiger partial charge is 0.254 e. The van der Waals surface area contributed by atoms with Gasteiger partial charge in [-0.3, -0.25) is 9.59 Å². The van der Waals surface area contributed by atoms with Gasteiger partial charge in [-0.15, -0.1) is 0 Å². The van der Waals surface area contributed by atoms with E-state index in [1.54, 1.807) is 24.3 Å². The van der Waals surface area contributed by atoms with Crippen LogP contribution in [0.4, 0.5) is 5.69 Å². The van der Waals surface area contributed by atoms with Crippen LogP contribution in [0.25, 0.3) is 0 Å². The molecule has 130 valence electrons. The Balaban J connectivity index is 1.83. The summed E-state index contributed by atoms with van der Waals surface area (Å²) < 4.78 is 5.78. The molecule has 5 heteroatoms. The third-order valence-corrected chi connectivity index (χ3v) is 4.27. The molecular formula is C20H22N2O3. The fourth-order valence-corrected chi connectivity index (χ4v) is 3.04. The van der Waals surface area contributed by atoms with Crippen molar-refractivity contribution in [3.8, 4) is 0 Å². The number of anilines is 1. The molecule has 1 aliphatic heterocycles. The number of amides is 2. The largest absolute Gasteiger partial charge is 0.374 e.